The molecule has 0 saturated heterocycles. The number of nitriles is 6. The van der Waals surface area contributed by atoms with Gasteiger partial charge in [0.05, 0.1) is 16.5 Å². The van der Waals surface area contributed by atoms with Crippen LogP contribution in [0.3, 0.4) is 0 Å². The largest absolute Gasteiger partial charge is 0.307 e. The number of aromatic nitrogens is 4. The normalized spacial score (nSPS) is 10.4. The van der Waals surface area contributed by atoms with E-state index in [1.807, 2.05) is 133 Å². The van der Waals surface area contributed by atoms with Crippen molar-refractivity contribution < 1.29 is 0 Å². The number of pyridine rings is 2. The van der Waals surface area contributed by atoms with Crippen LogP contribution in [0.5, 0.6) is 0 Å². The van der Waals surface area contributed by atoms with Crippen molar-refractivity contribution in [2.24, 2.45) is 0 Å². The lowest BCUT2D eigenvalue weighted by Crippen LogP contribution is -2.16. The Morgan fingerprint density at radius 3 is 1.05 bits per heavy atom. The lowest BCUT2D eigenvalue weighted by Gasteiger charge is -2.28. The quantitative estimate of drug-likeness (QED) is 0.148. The molecule has 0 aliphatic heterocycles. The first kappa shape index (κ1) is 33.9. The second kappa shape index (κ2) is 14.1. The molecule has 12 heteroatoms. The lowest BCUT2D eigenvalue weighted by molar-refractivity contribution is 1.18. The topological polar surface area (TPSA) is 201 Å². The van der Waals surface area contributed by atoms with Crippen LogP contribution in [-0.4, -0.2) is 19.9 Å². The van der Waals surface area contributed by atoms with Crippen molar-refractivity contribution in [3.8, 4) is 36.4 Å². The molecular formula is C44H20N12. The van der Waals surface area contributed by atoms with Crippen LogP contribution in [0.2, 0.25) is 0 Å². The number of hydrogen-bond donors (Lipinski definition) is 0. The second-order valence-electron chi connectivity index (χ2n) is 12.1. The average molecular weight is 717 g/mol. The first-order valence-electron chi connectivity index (χ1n) is 16.9. The van der Waals surface area contributed by atoms with Gasteiger partial charge >= 0.3 is 0 Å². The molecule has 256 valence electrons. The fourth-order valence-corrected chi connectivity index (χ4v) is 6.79. The first-order chi connectivity index (χ1) is 27.6. The maximum atomic E-state index is 11.2. The van der Waals surface area contributed by atoms with Gasteiger partial charge in [0.15, 0.2) is 22.9 Å². The molecule has 3 heterocycles. The number of hydrogen-bond acceptors (Lipinski definition) is 12. The highest BCUT2D eigenvalue weighted by atomic mass is 15.2. The van der Waals surface area contributed by atoms with E-state index >= 15 is 0 Å². The summed E-state index contributed by atoms with van der Waals surface area (Å²) < 4.78 is 0. The molecular weight excluding hydrogens is 697 g/mol. The molecule has 5 aromatic carbocycles. The summed E-state index contributed by atoms with van der Waals surface area (Å²) in [5.74, 6) is 0.0646. The lowest BCUT2D eigenvalue weighted by atomic mass is 9.95. The number of nitrogens with zero attached hydrogens (tertiary/aromatic N) is 12. The summed E-state index contributed by atoms with van der Waals surface area (Å²) >= 11 is 0. The number of anilines is 6. The SMILES string of the molecule is N#Cc1nc2c(nc1C#N)c1c(C#N)c(N(c3ccccc3)c3ccccc3)c(C#N)nc1c1nc(N(c3ccccc3)c3ccccc3)c(C#N)c(C#N)c21. The molecule has 0 unspecified atom stereocenters. The van der Waals surface area contributed by atoms with Gasteiger partial charge in [-0.2, -0.15) is 31.6 Å². The van der Waals surface area contributed by atoms with Crippen molar-refractivity contribution in [3.05, 3.63) is 155 Å². The van der Waals surface area contributed by atoms with Crippen LogP contribution in [0.25, 0.3) is 32.8 Å². The van der Waals surface area contributed by atoms with Crippen molar-refractivity contribution in [1.82, 2.24) is 19.9 Å². The Kier molecular flexibility index (Phi) is 8.53. The Bertz CT molecular complexity index is 3070. The molecule has 0 amide bonds. The highest BCUT2D eigenvalue weighted by Crippen LogP contribution is 2.46. The first-order valence-corrected chi connectivity index (χ1v) is 16.9. The zero-order valence-electron chi connectivity index (χ0n) is 28.9. The molecule has 0 aliphatic rings. The Morgan fingerprint density at radius 2 is 0.679 bits per heavy atom. The summed E-state index contributed by atoms with van der Waals surface area (Å²) in [5.41, 5.74) is 1.35. The summed E-state index contributed by atoms with van der Waals surface area (Å²) in [6.45, 7) is 0. The second-order valence-corrected chi connectivity index (χ2v) is 12.1. The van der Waals surface area contributed by atoms with E-state index in [0.29, 0.717) is 22.7 Å². The maximum absolute atomic E-state index is 11.2. The maximum Gasteiger partial charge on any atom is 0.177 e. The van der Waals surface area contributed by atoms with Gasteiger partial charge in [0.25, 0.3) is 0 Å². The van der Waals surface area contributed by atoms with Gasteiger partial charge < -0.3 is 4.90 Å². The van der Waals surface area contributed by atoms with Gasteiger partial charge in [0.1, 0.15) is 69.7 Å². The van der Waals surface area contributed by atoms with Crippen molar-refractivity contribution in [2.75, 3.05) is 9.80 Å². The van der Waals surface area contributed by atoms with Crippen molar-refractivity contribution >= 4 is 67.1 Å². The molecule has 0 bridgehead atoms. The minimum Gasteiger partial charge on any atom is -0.307 e. The fourth-order valence-electron chi connectivity index (χ4n) is 6.79. The molecule has 0 atom stereocenters. The van der Waals surface area contributed by atoms with Crippen LogP contribution in [0.15, 0.2) is 121 Å². The van der Waals surface area contributed by atoms with Crippen LogP contribution < -0.4 is 9.80 Å². The molecule has 0 spiro atoms. The number of rotatable bonds is 6. The molecule has 0 saturated carbocycles. The van der Waals surface area contributed by atoms with E-state index in [1.165, 1.54) is 0 Å². The third kappa shape index (κ3) is 5.35. The summed E-state index contributed by atoms with van der Waals surface area (Å²) in [6.07, 6.45) is 0. The molecule has 0 radical (unpaired) electrons. The molecule has 3 aromatic heterocycles. The number of benzene rings is 5. The molecule has 0 aliphatic carbocycles. The summed E-state index contributed by atoms with van der Waals surface area (Å²) in [5, 5.41) is 63.9. The van der Waals surface area contributed by atoms with E-state index in [0.717, 1.165) is 0 Å². The molecule has 8 rings (SSSR count). The van der Waals surface area contributed by atoms with E-state index in [-0.39, 0.29) is 78.1 Å². The minimum absolute atomic E-state index is 0.00312. The Morgan fingerprint density at radius 1 is 0.339 bits per heavy atom. The molecule has 12 nitrogen and oxygen atoms in total. The predicted octanol–water partition coefficient (Wildman–Crippen LogP) is 8.90. The molecule has 0 N–H and O–H groups in total. The van der Waals surface area contributed by atoms with Gasteiger partial charge in [-0.15, -0.1) is 0 Å². The van der Waals surface area contributed by atoms with E-state index in [1.54, 1.807) is 9.80 Å². The van der Waals surface area contributed by atoms with E-state index < -0.39 is 0 Å². The van der Waals surface area contributed by atoms with E-state index in [9.17, 15) is 31.6 Å². The third-order valence-electron chi connectivity index (χ3n) is 9.09. The van der Waals surface area contributed by atoms with Crippen LogP contribution in [-0.2, 0) is 0 Å². The van der Waals surface area contributed by atoms with Crippen LogP contribution in [0.1, 0.15) is 33.8 Å². The van der Waals surface area contributed by atoms with E-state index in [2.05, 4.69) is 34.2 Å². The number of fused-ring (bicyclic) bond motifs is 6. The number of para-hydroxylation sites is 4. The summed E-state index contributed by atoms with van der Waals surface area (Å²) in [4.78, 5) is 22.5. The van der Waals surface area contributed by atoms with Crippen LogP contribution in [0, 0.1) is 68.0 Å². The van der Waals surface area contributed by atoms with Crippen molar-refractivity contribution in [1.29, 1.82) is 31.6 Å². The van der Waals surface area contributed by atoms with Crippen molar-refractivity contribution in [2.45, 2.75) is 0 Å². The zero-order valence-corrected chi connectivity index (χ0v) is 28.9. The Balaban J connectivity index is 1.63. The Hall–Kier alpha value is -9.20. The van der Waals surface area contributed by atoms with Gasteiger partial charge in [-0.25, -0.2) is 19.9 Å². The minimum atomic E-state index is -0.335. The van der Waals surface area contributed by atoms with Crippen LogP contribution in [0.4, 0.5) is 34.3 Å². The molecule has 8 aromatic rings. The highest BCUT2D eigenvalue weighted by Gasteiger charge is 2.31. The van der Waals surface area contributed by atoms with Crippen LogP contribution >= 0.6 is 0 Å². The highest BCUT2D eigenvalue weighted by molar-refractivity contribution is 6.25. The molecule has 56 heavy (non-hydrogen) atoms. The third-order valence-corrected chi connectivity index (χ3v) is 9.09. The monoisotopic (exact) mass is 716 g/mol. The summed E-state index contributed by atoms with van der Waals surface area (Å²) in [6, 6.07) is 49.2. The zero-order chi connectivity index (χ0) is 38.8. The molecule has 0 fully saturated rings. The van der Waals surface area contributed by atoms with Gasteiger partial charge in [0.2, 0.25) is 0 Å². The van der Waals surface area contributed by atoms with Gasteiger partial charge in [-0.1, -0.05) is 72.8 Å². The van der Waals surface area contributed by atoms with E-state index in [4.69, 9.17) is 9.97 Å². The fraction of sp³-hybridized carbons (Fsp3) is 0. The smallest absolute Gasteiger partial charge is 0.177 e. The predicted molar refractivity (Wildman–Crippen MR) is 208 cm³/mol. The van der Waals surface area contributed by atoms with Gasteiger partial charge in [-0.05, 0) is 48.5 Å². The van der Waals surface area contributed by atoms with Gasteiger partial charge in [-0.3, -0.25) is 4.90 Å². The average Bonchev–Trinajstić information content (AvgIpc) is 3.26. The van der Waals surface area contributed by atoms with Crippen molar-refractivity contribution in [3.63, 3.8) is 0 Å². The summed E-state index contributed by atoms with van der Waals surface area (Å²) in [7, 11) is 0. The Labute approximate surface area is 319 Å². The van der Waals surface area contributed by atoms with Gasteiger partial charge in [0, 0.05) is 28.1 Å². The standard InChI is InChI=1S/C44H20N12/c45-21-31-32(22-46)44(56(29-17-9-3-10-18-29)30-19-11-4-12-20-30)54-42-37(31)39-40(52-35(25-49)34(24-48)51-39)38-33(23-47)43(36(26-50)53-41(38)42)55(27-13-5-1-6-14-27)28-15-7-2-8-16-28/h1-20H.